The number of likely N-dealkylation sites (N-methyl/N-ethyl adjacent to an activating group) is 1. The van der Waals surface area contributed by atoms with Crippen molar-refractivity contribution in [2.75, 3.05) is 14.1 Å². The zero-order valence-corrected chi connectivity index (χ0v) is 14.6. The second-order valence-electron chi connectivity index (χ2n) is 6.92. The highest BCUT2D eigenvalue weighted by Crippen LogP contribution is 2.38. The van der Waals surface area contributed by atoms with Gasteiger partial charge in [-0.3, -0.25) is 4.90 Å². The fourth-order valence-corrected chi connectivity index (χ4v) is 3.86. The molecule has 2 aromatic rings. The van der Waals surface area contributed by atoms with Gasteiger partial charge in [-0.05, 0) is 75.0 Å². The molecule has 1 aliphatic rings. The second kappa shape index (κ2) is 7.76. The Morgan fingerprint density at radius 2 is 1.71 bits per heavy atom. The Kier molecular flexibility index (Phi) is 5.47. The lowest BCUT2D eigenvalue weighted by Crippen LogP contribution is -2.24. The lowest BCUT2D eigenvalue weighted by atomic mass is 9.82. The van der Waals surface area contributed by atoms with Crippen LogP contribution >= 0.6 is 0 Å². The molecule has 0 N–H and O–H groups in total. The number of benzene rings is 2. The molecule has 0 aromatic heterocycles. The zero-order valence-electron chi connectivity index (χ0n) is 14.6. The molecule has 0 saturated heterocycles. The van der Waals surface area contributed by atoms with Crippen LogP contribution in [0, 0.1) is 5.82 Å². The highest BCUT2D eigenvalue weighted by atomic mass is 19.1. The first kappa shape index (κ1) is 16.9. The minimum absolute atomic E-state index is 0.141. The minimum atomic E-state index is -0.141. The largest absolute Gasteiger partial charge is 0.299 e. The molecule has 0 spiro atoms. The van der Waals surface area contributed by atoms with Crippen LogP contribution in [-0.2, 0) is 6.42 Å². The van der Waals surface area contributed by atoms with Crippen molar-refractivity contribution in [3.05, 3.63) is 82.7 Å². The number of rotatable bonds is 5. The first-order valence-corrected chi connectivity index (χ1v) is 8.82. The first-order valence-electron chi connectivity index (χ1n) is 8.82. The van der Waals surface area contributed by atoms with Crippen molar-refractivity contribution >= 4 is 0 Å². The smallest absolute Gasteiger partial charge is 0.123 e. The van der Waals surface area contributed by atoms with E-state index in [9.17, 15) is 4.39 Å². The molecule has 1 nitrogen and oxygen atoms in total. The van der Waals surface area contributed by atoms with Gasteiger partial charge in [0, 0.05) is 0 Å². The van der Waals surface area contributed by atoms with Crippen molar-refractivity contribution in [2.24, 2.45) is 0 Å². The first-order chi connectivity index (χ1) is 11.6. The van der Waals surface area contributed by atoms with E-state index < -0.39 is 0 Å². The van der Waals surface area contributed by atoms with Gasteiger partial charge < -0.3 is 0 Å². The van der Waals surface area contributed by atoms with Gasteiger partial charge in [0.15, 0.2) is 0 Å². The molecule has 0 heterocycles. The van der Waals surface area contributed by atoms with E-state index >= 15 is 0 Å². The van der Waals surface area contributed by atoms with Gasteiger partial charge in [-0.2, -0.15) is 0 Å². The molecule has 2 aromatic carbocycles. The summed E-state index contributed by atoms with van der Waals surface area (Å²) in [5.74, 6) is -0.141. The molecule has 0 radical (unpaired) electrons. The molecule has 0 amide bonds. The van der Waals surface area contributed by atoms with Crippen molar-refractivity contribution in [3.63, 3.8) is 0 Å². The molecule has 2 heteroatoms. The van der Waals surface area contributed by atoms with E-state index in [2.05, 4.69) is 49.3 Å². The maximum atomic E-state index is 13.5. The average Bonchev–Trinajstić information content (AvgIpc) is 2.57. The van der Waals surface area contributed by atoms with E-state index in [4.69, 9.17) is 0 Å². The van der Waals surface area contributed by atoms with Gasteiger partial charge in [-0.15, -0.1) is 0 Å². The number of hydrogen-bond donors (Lipinski definition) is 0. The monoisotopic (exact) mass is 323 g/mol. The average molecular weight is 323 g/mol. The van der Waals surface area contributed by atoms with Crippen LogP contribution in [-0.4, -0.2) is 19.0 Å². The molecule has 0 fully saturated rings. The number of hydrogen-bond acceptors (Lipinski definition) is 1. The Hall–Kier alpha value is -1.93. The molecule has 3 rings (SSSR count). The van der Waals surface area contributed by atoms with Crippen LogP contribution < -0.4 is 0 Å². The Labute approximate surface area is 144 Å². The van der Waals surface area contributed by atoms with Gasteiger partial charge >= 0.3 is 0 Å². The molecule has 126 valence electrons. The van der Waals surface area contributed by atoms with E-state index in [1.54, 1.807) is 6.07 Å². The van der Waals surface area contributed by atoms with Gasteiger partial charge in [0.1, 0.15) is 5.82 Å². The van der Waals surface area contributed by atoms with E-state index in [0.717, 1.165) is 24.8 Å². The summed E-state index contributed by atoms with van der Waals surface area (Å²) in [4.78, 5) is 2.31. The Bertz CT molecular complexity index is 703. The predicted molar refractivity (Wildman–Crippen MR) is 98.5 cm³/mol. The number of nitrogens with zero attached hydrogens (tertiary/aromatic N) is 1. The molecule has 1 aliphatic carbocycles. The third-order valence-corrected chi connectivity index (χ3v) is 4.90. The van der Waals surface area contributed by atoms with Gasteiger partial charge in [-0.1, -0.05) is 48.0 Å². The van der Waals surface area contributed by atoms with E-state index in [1.165, 1.54) is 35.6 Å². The summed E-state index contributed by atoms with van der Waals surface area (Å²) >= 11 is 0. The standard InChI is InChI=1S/C22H26FN/c1-24(2)22(18-10-4-3-5-11-18)21-14-7-6-12-19(21)15-17-9-8-13-20(23)16-17/h3-5,8-11,13,16,22H,6-7,12,14-15H2,1-2H3. The lowest BCUT2D eigenvalue weighted by Gasteiger charge is -2.32. The van der Waals surface area contributed by atoms with E-state index in [1.807, 2.05) is 12.1 Å². The van der Waals surface area contributed by atoms with E-state index in [0.29, 0.717) is 6.04 Å². The third-order valence-electron chi connectivity index (χ3n) is 4.90. The number of allylic oxidation sites excluding steroid dienone is 1. The van der Waals surface area contributed by atoms with Crippen molar-refractivity contribution in [1.82, 2.24) is 4.90 Å². The SMILES string of the molecule is CN(C)C(C1=C(Cc2cccc(F)c2)CCCC1)c1ccccc1. The van der Waals surface area contributed by atoms with Crippen molar-refractivity contribution in [3.8, 4) is 0 Å². The minimum Gasteiger partial charge on any atom is -0.299 e. The lowest BCUT2D eigenvalue weighted by molar-refractivity contribution is 0.323. The Morgan fingerprint density at radius 1 is 0.958 bits per heavy atom. The summed E-state index contributed by atoms with van der Waals surface area (Å²) in [7, 11) is 4.30. The number of halogens is 1. The molecule has 24 heavy (non-hydrogen) atoms. The summed E-state index contributed by atoms with van der Waals surface area (Å²) in [6.07, 6.45) is 5.62. The Morgan fingerprint density at radius 3 is 2.42 bits per heavy atom. The van der Waals surface area contributed by atoms with Crippen LogP contribution in [0.15, 0.2) is 65.7 Å². The zero-order chi connectivity index (χ0) is 16.9. The van der Waals surface area contributed by atoms with Crippen LogP contribution in [0.2, 0.25) is 0 Å². The third kappa shape index (κ3) is 3.93. The molecule has 0 aliphatic heterocycles. The quantitative estimate of drug-likeness (QED) is 0.653. The van der Waals surface area contributed by atoms with Gasteiger partial charge in [-0.25, -0.2) is 4.39 Å². The topological polar surface area (TPSA) is 3.24 Å². The van der Waals surface area contributed by atoms with Crippen LogP contribution in [0.3, 0.4) is 0 Å². The predicted octanol–water partition coefficient (Wildman–Crippen LogP) is 5.54. The van der Waals surface area contributed by atoms with Gasteiger partial charge in [0.2, 0.25) is 0 Å². The fourth-order valence-electron chi connectivity index (χ4n) is 3.86. The maximum absolute atomic E-state index is 13.5. The molecular formula is C22H26FN. The summed E-state index contributed by atoms with van der Waals surface area (Å²) < 4.78 is 13.5. The molecular weight excluding hydrogens is 297 g/mol. The summed E-state index contributed by atoms with van der Waals surface area (Å²) in [6, 6.07) is 18.1. The fraction of sp³-hybridized carbons (Fsp3) is 0.364. The molecule has 0 saturated carbocycles. The molecule has 1 unspecified atom stereocenters. The molecule has 0 bridgehead atoms. The van der Waals surface area contributed by atoms with Crippen molar-refractivity contribution in [1.29, 1.82) is 0 Å². The maximum Gasteiger partial charge on any atom is 0.123 e. The summed E-state index contributed by atoms with van der Waals surface area (Å²) in [5, 5.41) is 0. The second-order valence-corrected chi connectivity index (χ2v) is 6.92. The van der Waals surface area contributed by atoms with Crippen LogP contribution in [0.4, 0.5) is 4.39 Å². The Balaban J connectivity index is 1.97. The van der Waals surface area contributed by atoms with E-state index in [-0.39, 0.29) is 5.82 Å². The van der Waals surface area contributed by atoms with Crippen LogP contribution in [0.1, 0.15) is 42.9 Å². The van der Waals surface area contributed by atoms with Crippen molar-refractivity contribution < 1.29 is 4.39 Å². The van der Waals surface area contributed by atoms with Crippen LogP contribution in [0.5, 0.6) is 0 Å². The summed E-state index contributed by atoms with van der Waals surface area (Å²) in [6.45, 7) is 0. The normalized spacial score (nSPS) is 16.5. The highest BCUT2D eigenvalue weighted by molar-refractivity contribution is 5.35. The van der Waals surface area contributed by atoms with Crippen molar-refractivity contribution in [2.45, 2.75) is 38.1 Å². The molecule has 1 atom stereocenters. The van der Waals surface area contributed by atoms with Gasteiger partial charge in [0.05, 0.1) is 6.04 Å². The summed E-state index contributed by atoms with van der Waals surface area (Å²) in [5.41, 5.74) is 5.45. The highest BCUT2D eigenvalue weighted by Gasteiger charge is 2.24. The van der Waals surface area contributed by atoms with Gasteiger partial charge in [0.25, 0.3) is 0 Å². The van der Waals surface area contributed by atoms with Crippen LogP contribution in [0.25, 0.3) is 0 Å².